The molecule has 6 rings (SSSR count). The fraction of sp³-hybridized carbons (Fsp3) is 0.152. The number of ether oxygens (including phenoxy) is 1. The zero-order valence-corrected chi connectivity index (χ0v) is 25.9. The fourth-order valence-corrected chi connectivity index (χ4v) is 5.09. The van der Waals surface area contributed by atoms with E-state index < -0.39 is 10.1 Å². The van der Waals surface area contributed by atoms with Gasteiger partial charge in [-0.25, -0.2) is 0 Å². The van der Waals surface area contributed by atoms with Crippen LogP contribution in [0, 0.1) is 13.8 Å². The number of hydrogen-bond acceptors (Lipinski definition) is 7. The number of para-hydroxylation sites is 1. The number of aromatic amines is 1. The van der Waals surface area contributed by atoms with E-state index in [-0.39, 0.29) is 23.3 Å². The van der Waals surface area contributed by atoms with Gasteiger partial charge in [-0.15, -0.1) is 0 Å². The number of carbonyl (C=O) groups is 1. The summed E-state index contributed by atoms with van der Waals surface area (Å²) in [5, 5.41) is 12.2. The van der Waals surface area contributed by atoms with Crippen LogP contribution in [0.1, 0.15) is 27.2 Å². The number of benzene rings is 3. The van der Waals surface area contributed by atoms with Gasteiger partial charge in [-0.1, -0.05) is 30.3 Å². The highest BCUT2D eigenvalue weighted by Gasteiger charge is 2.19. The van der Waals surface area contributed by atoms with Gasteiger partial charge in [0.25, 0.3) is 15.7 Å². The Kier molecular flexibility index (Phi) is 8.80. The van der Waals surface area contributed by atoms with Crippen LogP contribution in [0.4, 0.5) is 0 Å². The normalized spacial score (nSPS) is 11.2. The number of hydrogen-bond donors (Lipinski definition) is 2. The second-order valence-electron chi connectivity index (χ2n) is 10.6. The molecule has 3 aromatic heterocycles. The van der Waals surface area contributed by atoms with Gasteiger partial charge >= 0.3 is 0 Å². The van der Waals surface area contributed by atoms with Gasteiger partial charge in [-0.2, -0.15) is 18.6 Å². The lowest BCUT2D eigenvalue weighted by Gasteiger charge is -2.14. The molecule has 12 heteroatoms. The Hall–Kier alpha value is -5.33. The molecule has 11 nitrogen and oxygen atoms in total. The molecule has 0 saturated heterocycles. The zero-order chi connectivity index (χ0) is 32.3. The molecule has 3 aromatic carbocycles. The van der Waals surface area contributed by atoms with Crippen LogP contribution in [0.25, 0.3) is 27.7 Å². The second kappa shape index (κ2) is 12.7. The van der Waals surface area contributed by atoms with Crippen molar-refractivity contribution in [1.29, 1.82) is 0 Å². The number of pyridine rings is 1. The number of Topliss-reactive ketones (excluding diaryl/α,β-unsaturated/α-hetero) is 1. The van der Waals surface area contributed by atoms with E-state index in [0.717, 1.165) is 39.0 Å². The van der Waals surface area contributed by atoms with Crippen molar-refractivity contribution in [2.24, 2.45) is 7.05 Å². The van der Waals surface area contributed by atoms with Crippen molar-refractivity contribution in [3.8, 4) is 28.3 Å². The third-order valence-corrected chi connectivity index (χ3v) is 7.06. The van der Waals surface area contributed by atoms with Crippen molar-refractivity contribution in [2.75, 3.05) is 6.26 Å². The lowest BCUT2D eigenvalue weighted by molar-refractivity contribution is 0.0990. The zero-order valence-electron chi connectivity index (χ0n) is 25.1. The van der Waals surface area contributed by atoms with Crippen LogP contribution in [0.3, 0.4) is 0 Å². The van der Waals surface area contributed by atoms with Gasteiger partial charge < -0.3 is 4.74 Å². The average molecular weight is 626 g/mol. The largest absolute Gasteiger partial charge is 0.457 e. The summed E-state index contributed by atoms with van der Waals surface area (Å²) in [6.45, 7) is 3.68. The molecule has 2 N–H and O–H groups in total. The minimum absolute atomic E-state index is 0.107. The third kappa shape index (κ3) is 7.25. The van der Waals surface area contributed by atoms with Crippen molar-refractivity contribution in [1.82, 2.24) is 24.5 Å². The monoisotopic (exact) mass is 625 g/mol. The smallest absolute Gasteiger partial charge is 0.266 e. The van der Waals surface area contributed by atoms with Crippen LogP contribution < -0.4 is 10.3 Å². The highest BCUT2D eigenvalue weighted by molar-refractivity contribution is 7.85. The van der Waals surface area contributed by atoms with Gasteiger partial charge in [0, 0.05) is 47.6 Å². The van der Waals surface area contributed by atoms with Crippen molar-refractivity contribution in [3.63, 3.8) is 0 Å². The number of fused-ring (bicyclic) bond motifs is 1. The minimum atomic E-state index is -3.67. The molecule has 0 bridgehead atoms. The third-order valence-electron chi connectivity index (χ3n) is 7.06. The van der Waals surface area contributed by atoms with Crippen LogP contribution in [-0.2, 0) is 23.6 Å². The topological polar surface area (TPSA) is 149 Å². The van der Waals surface area contributed by atoms with Gasteiger partial charge in [-0.3, -0.25) is 28.5 Å². The average Bonchev–Trinajstić information content (AvgIpc) is 3.63. The molecule has 0 aliphatic carbocycles. The Balaban J connectivity index is 0.000000743. The SMILES string of the molecule is CS(=O)(=O)O.Cc1cc(C)n(-c2ccccc2)c(=O)c1C(=O)Cc1ccc(Oc2cc3cnn(C)c3cc2-c2cn[nH]c2)cc1. The van der Waals surface area contributed by atoms with E-state index >= 15 is 0 Å². The predicted molar refractivity (Wildman–Crippen MR) is 172 cm³/mol. The van der Waals surface area contributed by atoms with E-state index in [1.165, 1.54) is 0 Å². The van der Waals surface area contributed by atoms with E-state index in [4.69, 9.17) is 9.29 Å². The van der Waals surface area contributed by atoms with Crippen molar-refractivity contribution < 1.29 is 22.5 Å². The van der Waals surface area contributed by atoms with Gasteiger partial charge in [0.2, 0.25) is 0 Å². The Morgan fingerprint density at radius 1 is 1.00 bits per heavy atom. The summed E-state index contributed by atoms with van der Waals surface area (Å²) in [5.41, 5.74) is 5.66. The molecule has 0 saturated carbocycles. The standard InChI is InChI=1S/C32H27N5O3.CH4O3S/c1-20-13-21(2)37(25-7-5-4-6-8-25)32(39)31(20)29(38)14-22-9-11-26(12-10-22)40-30-15-23-19-35-36(3)28(23)16-27(30)24-17-33-34-18-24;1-5(2,3)4/h4-13,15-19H,14H2,1-3H3,(H,33,34);1H3,(H,2,3,4). The highest BCUT2D eigenvalue weighted by atomic mass is 32.2. The predicted octanol–water partition coefficient (Wildman–Crippen LogP) is 5.45. The summed E-state index contributed by atoms with van der Waals surface area (Å²) in [5.74, 6) is 1.08. The molecular formula is C33H31N5O6S. The molecule has 0 radical (unpaired) electrons. The Bertz CT molecular complexity index is 2140. The quantitative estimate of drug-likeness (QED) is 0.176. The summed E-state index contributed by atoms with van der Waals surface area (Å²) >= 11 is 0. The molecule has 0 spiro atoms. The summed E-state index contributed by atoms with van der Waals surface area (Å²) in [4.78, 5) is 26.8. The first-order valence-corrected chi connectivity index (χ1v) is 15.7. The molecule has 0 fully saturated rings. The molecule has 45 heavy (non-hydrogen) atoms. The van der Waals surface area contributed by atoms with Crippen LogP contribution in [0.15, 0.2) is 96.2 Å². The highest BCUT2D eigenvalue weighted by Crippen LogP contribution is 2.36. The molecular weight excluding hydrogens is 594 g/mol. The number of nitrogens with one attached hydrogen (secondary N) is 1. The van der Waals surface area contributed by atoms with Crippen LogP contribution >= 0.6 is 0 Å². The molecule has 0 aliphatic rings. The summed E-state index contributed by atoms with van der Waals surface area (Å²) in [6, 6.07) is 22.6. The minimum Gasteiger partial charge on any atom is -0.457 e. The molecule has 0 unspecified atom stereocenters. The number of aromatic nitrogens is 5. The molecule has 0 amide bonds. The van der Waals surface area contributed by atoms with Crippen molar-refractivity contribution in [2.45, 2.75) is 20.3 Å². The molecule has 6 aromatic rings. The number of ketones is 1. The maximum absolute atomic E-state index is 13.4. The van der Waals surface area contributed by atoms with Crippen LogP contribution in [0.5, 0.6) is 11.5 Å². The van der Waals surface area contributed by atoms with E-state index in [0.29, 0.717) is 23.3 Å². The number of nitrogens with zero attached hydrogens (tertiary/aromatic N) is 4. The number of aryl methyl sites for hydroxylation is 3. The first-order chi connectivity index (χ1) is 21.4. The Morgan fingerprint density at radius 3 is 2.33 bits per heavy atom. The van der Waals surface area contributed by atoms with Crippen LogP contribution in [0.2, 0.25) is 0 Å². The molecule has 0 aliphatic heterocycles. The Morgan fingerprint density at radius 2 is 1.69 bits per heavy atom. The van der Waals surface area contributed by atoms with E-state index in [1.807, 2.05) is 105 Å². The first kappa shape index (κ1) is 31.1. The van der Waals surface area contributed by atoms with Gasteiger partial charge in [-0.05, 0) is 67.4 Å². The van der Waals surface area contributed by atoms with Crippen molar-refractivity contribution >= 4 is 26.8 Å². The van der Waals surface area contributed by atoms with E-state index in [1.54, 1.807) is 17.0 Å². The van der Waals surface area contributed by atoms with Crippen LogP contribution in [-0.4, -0.2) is 49.6 Å². The number of rotatable bonds is 7. The van der Waals surface area contributed by atoms with Crippen molar-refractivity contribution in [3.05, 3.63) is 124 Å². The molecule has 230 valence electrons. The van der Waals surface area contributed by atoms with Gasteiger partial charge in [0.05, 0.1) is 29.7 Å². The van der Waals surface area contributed by atoms with Gasteiger partial charge in [0.15, 0.2) is 5.78 Å². The fourth-order valence-electron chi connectivity index (χ4n) is 5.09. The van der Waals surface area contributed by atoms with E-state index in [9.17, 15) is 18.0 Å². The first-order valence-electron chi connectivity index (χ1n) is 13.8. The summed E-state index contributed by atoms with van der Waals surface area (Å²) < 4.78 is 35.6. The number of H-pyrrole nitrogens is 1. The van der Waals surface area contributed by atoms with E-state index in [2.05, 4.69) is 15.3 Å². The maximum atomic E-state index is 13.4. The molecule has 0 atom stereocenters. The lowest BCUT2D eigenvalue weighted by atomic mass is 9.99. The Labute approximate surface area is 259 Å². The second-order valence-corrected chi connectivity index (χ2v) is 12.0. The summed E-state index contributed by atoms with van der Waals surface area (Å²) in [6.07, 6.45) is 6.19. The van der Waals surface area contributed by atoms with Gasteiger partial charge in [0.1, 0.15) is 11.5 Å². The number of carbonyl (C=O) groups excluding carboxylic acids is 1. The molecule has 3 heterocycles. The maximum Gasteiger partial charge on any atom is 0.266 e. The lowest BCUT2D eigenvalue weighted by Crippen LogP contribution is -2.29. The summed E-state index contributed by atoms with van der Waals surface area (Å²) in [7, 11) is -1.77.